The van der Waals surface area contributed by atoms with Crippen molar-refractivity contribution in [1.29, 1.82) is 5.26 Å². The van der Waals surface area contributed by atoms with E-state index in [2.05, 4.69) is 20.3 Å². The normalized spacial score (nSPS) is 15.2. The van der Waals surface area contributed by atoms with Crippen molar-refractivity contribution >= 4 is 33.4 Å². The summed E-state index contributed by atoms with van der Waals surface area (Å²) in [6, 6.07) is 6.12. The number of nitrogens with zero attached hydrogens (tertiary/aromatic N) is 5. The summed E-state index contributed by atoms with van der Waals surface area (Å²) in [6.45, 7) is 0. The molecule has 202 valence electrons. The highest BCUT2D eigenvalue weighted by atomic mass is 79.9. The summed E-state index contributed by atoms with van der Waals surface area (Å²) in [5.41, 5.74) is -2.42. The average Bonchev–Trinajstić information content (AvgIpc) is 3.24. The second kappa shape index (κ2) is 9.16. The van der Waals surface area contributed by atoms with Gasteiger partial charge in [-0.25, -0.2) is 9.36 Å². The lowest BCUT2D eigenvalue weighted by molar-refractivity contribution is -0.269. The maximum atomic E-state index is 13.9. The van der Waals surface area contributed by atoms with E-state index in [9.17, 15) is 40.8 Å². The molecule has 8 nitrogen and oxygen atoms in total. The molecule has 0 unspecified atom stereocenters. The number of alkyl halides is 8. The molecule has 0 bridgehead atoms. The van der Waals surface area contributed by atoms with Crippen LogP contribution in [0.2, 0.25) is 5.02 Å². The highest BCUT2D eigenvalue weighted by Crippen LogP contribution is 2.45. The van der Waals surface area contributed by atoms with Crippen molar-refractivity contribution in [1.82, 2.24) is 24.9 Å². The van der Waals surface area contributed by atoms with Crippen LogP contribution < -0.4 is 10.1 Å². The smallest absolute Gasteiger partial charge is 0.407 e. The van der Waals surface area contributed by atoms with E-state index >= 15 is 0 Å². The molecule has 1 saturated carbocycles. The molecule has 0 radical (unpaired) electrons. The number of hydrogen-bond acceptors (Lipinski definition) is 5. The number of carbonyl (C=O) groups excluding carboxylic acids is 1. The maximum absolute atomic E-state index is 13.9. The number of halogens is 9. The Kier molecular flexibility index (Phi) is 6.68. The predicted molar refractivity (Wildman–Crippen MR) is 120 cm³/mol. The Hall–Kier alpha value is -3.32. The zero-order chi connectivity index (χ0) is 28.3. The monoisotopic (exact) mass is 628 g/mol. The van der Waals surface area contributed by atoms with Crippen molar-refractivity contribution in [3.8, 4) is 28.9 Å². The van der Waals surface area contributed by atoms with Crippen LogP contribution in [-0.2, 0) is 13.2 Å². The van der Waals surface area contributed by atoms with Crippen LogP contribution in [-0.4, -0.2) is 41.9 Å². The Morgan fingerprint density at radius 1 is 1.21 bits per heavy atom. The van der Waals surface area contributed by atoms with Crippen molar-refractivity contribution in [3.05, 3.63) is 46.7 Å². The summed E-state index contributed by atoms with van der Waals surface area (Å²) in [5, 5.41) is 18.8. The second-order valence-electron chi connectivity index (χ2n) is 8.26. The van der Waals surface area contributed by atoms with Crippen LogP contribution in [0.25, 0.3) is 16.9 Å². The van der Waals surface area contributed by atoms with Gasteiger partial charge in [0.25, 0.3) is 11.8 Å². The minimum absolute atomic E-state index is 0.0106. The van der Waals surface area contributed by atoms with Crippen molar-refractivity contribution in [2.45, 2.75) is 35.5 Å². The lowest BCUT2D eigenvalue weighted by Crippen LogP contribution is -2.41. The molecule has 3 aromatic rings. The van der Waals surface area contributed by atoms with Gasteiger partial charge in [-0.15, -0.1) is 5.10 Å². The fraction of sp³-hybridized carbons (Fsp3) is 0.333. The van der Waals surface area contributed by atoms with Gasteiger partial charge in [0.15, 0.2) is 11.4 Å². The SMILES string of the molecule is Cn1nc(OC(F)(F)C(F)(F)Br)c(C(F)(F)F)c1-n1cc(-c2ccc(Cl)c(C(=O)NC3(C#N)CC3)c2)cn1. The molecular formula is C21H13BrClF7N6O2. The van der Waals surface area contributed by atoms with Gasteiger partial charge in [-0.1, -0.05) is 17.7 Å². The number of aromatic nitrogens is 4. The van der Waals surface area contributed by atoms with E-state index in [1.54, 1.807) is 0 Å². The lowest BCUT2D eigenvalue weighted by Gasteiger charge is -2.21. The molecule has 0 spiro atoms. The molecule has 17 heteroatoms. The quantitative estimate of drug-likeness (QED) is 0.268. The van der Waals surface area contributed by atoms with Crippen LogP contribution in [0.3, 0.4) is 0 Å². The maximum Gasteiger partial charge on any atom is 0.476 e. The number of nitrogens with one attached hydrogen (secondary N) is 1. The van der Waals surface area contributed by atoms with Crippen LogP contribution >= 0.6 is 27.5 Å². The van der Waals surface area contributed by atoms with Gasteiger partial charge < -0.3 is 10.1 Å². The van der Waals surface area contributed by atoms with Gasteiger partial charge in [-0.2, -0.15) is 41.1 Å². The fourth-order valence-corrected chi connectivity index (χ4v) is 3.68. The summed E-state index contributed by atoms with van der Waals surface area (Å²) < 4.78 is 100. The van der Waals surface area contributed by atoms with E-state index in [1.165, 1.54) is 34.1 Å². The van der Waals surface area contributed by atoms with Gasteiger partial charge in [-0.3, -0.25) is 4.79 Å². The van der Waals surface area contributed by atoms with Crippen molar-refractivity contribution in [2.24, 2.45) is 7.05 Å². The van der Waals surface area contributed by atoms with E-state index in [4.69, 9.17) is 11.6 Å². The topological polar surface area (TPSA) is 97.8 Å². The Morgan fingerprint density at radius 2 is 1.87 bits per heavy atom. The molecular weight excluding hydrogens is 617 g/mol. The molecule has 1 amide bonds. The zero-order valence-corrected chi connectivity index (χ0v) is 21.1. The Morgan fingerprint density at radius 3 is 2.42 bits per heavy atom. The molecule has 2 heterocycles. The van der Waals surface area contributed by atoms with Gasteiger partial charge in [0, 0.05) is 34.7 Å². The van der Waals surface area contributed by atoms with Gasteiger partial charge in [-0.05, 0) is 30.5 Å². The second-order valence-corrected chi connectivity index (χ2v) is 9.66. The van der Waals surface area contributed by atoms with E-state index in [1.807, 2.05) is 6.07 Å². The van der Waals surface area contributed by atoms with E-state index in [-0.39, 0.29) is 21.7 Å². The average molecular weight is 630 g/mol. The fourth-order valence-electron chi connectivity index (χ4n) is 3.39. The van der Waals surface area contributed by atoms with Gasteiger partial charge >= 0.3 is 17.1 Å². The molecule has 1 aliphatic rings. The summed E-state index contributed by atoms with van der Waals surface area (Å²) in [7, 11) is 0.941. The first kappa shape index (κ1) is 27.7. The molecule has 1 aromatic carbocycles. The third-order valence-electron chi connectivity index (χ3n) is 5.48. The third kappa shape index (κ3) is 5.17. The third-order valence-corrected chi connectivity index (χ3v) is 6.28. The largest absolute Gasteiger partial charge is 0.476 e. The molecule has 0 saturated heterocycles. The van der Waals surface area contributed by atoms with Crippen molar-refractivity contribution in [2.75, 3.05) is 0 Å². The zero-order valence-electron chi connectivity index (χ0n) is 18.8. The van der Waals surface area contributed by atoms with Crippen molar-refractivity contribution in [3.63, 3.8) is 0 Å². The number of carbonyl (C=O) groups is 1. The molecule has 1 fully saturated rings. The number of nitriles is 1. The van der Waals surface area contributed by atoms with Crippen LogP contribution in [0.5, 0.6) is 5.88 Å². The Balaban J connectivity index is 1.72. The summed E-state index contributed by atoms with van der Waals surface area (Å²) in [5.74, 6) is -3.35. The van der Waals surface area contributed by atoms with Crippen LogP contribution in [0.1, 0.15) is 28.8 Å². The number of benzene rings is 1. The standard InChI is InChI=1S/C21H13BrClF7N6O2/c1-35-17(14(19(24,25)26)16(34-35)38-21(29,30)20(22,27)28)36-8-11(7-32-36)10-2-3-13(23)12(6-10)15(37)33-18(9-31)4-5-18/h2-3,6-8H,4-5H2,1H3,(H,33,37). The predicted octanol–water partition coefficient (Wildman–Crippen LogP) is 5.69. The molecule has 38 heavy (non-hydrogen) atoms. The number of hydrogen-bond donors (Lipinski definition) is 1. The lowest BCUT2D eigenvalue weighted by atomic mass is 10.1. The van der Waals surface area contributed by atoms with E-state index in [0.717, 1.165) is 19.4 Å². The molecule has 1 N–H and O–H groups in total. The number of ether oxygens (including phenoxy) is 1. The molecule has 4 rings (SSSR count). The Labute approximate surface area is 222 Å². The number of amides is 1. The van der Waals surface area contributed by atoms with Gasteiger partial charge in [0.05, 0.1) is 22.9 Å². The molecule has 2 aromatic heterocycles. The van der Waals surface area contributed by atoms with Crippen LogP contribution in [0.4, 0.5) is 30.7 Å². The molecule has 0 atom stereocenters. The van der Waals surface area contributed by atoms with Gasteiger partial charge in [0.1, 0.15) is 5.54 Å². The first-order chi connectivity index (χ1) is 17.5. The van der Waals surface area contributed by atoms with Crippen LogP contribution in [0.15, 0.2) is 30.6 Å². The first-order valence-electron chi connectivity index (χ1n) is 10.3. The molecule has 1 aliphatic carbocycles. The summed E-state index contributed by atoms with van der Waals surface area (Å²) in [4.78, 5) is 7.65. The van der Waals surface area contributed by atoms with Gasteiger partial charge in [0.2, 0.25) is 0 Å². The summed E-state index contributed by atoms with van der Waals surface area (Å²) in [6.07, 6.45) is -7.63. The highest BCUT2D eigenvalue weighted by molar-refractivity contribution is 9.10. The van der Waals surface area contributed by atoms with Crippen molar-refractivity contribution < 1.29 is 40.3 Å². The van der Waals surface area contributed by atoms with E-state index < -0.39 is 45.8 Å². The van der Waals surface area contributed by atoms with Crippen LogP contribution in [0, 0.1) is 11.3 Å². The first-order valence-corrected chi connectivity index (χ1v) is 11.5. The molecule has 0 aliphatic heterocycles. The highest BCUT2D eigenvalue weighted by Gasteiger charge is 2.59. The summed E-state index contributed by atoms with van der Waals surface area (Å²) >= 11 is 7.50. The number of rotatable bonds is 7. The minimum atomic E-state index is -5.38. The van der Waals surface area contributed by atoms with E-state index in [0.29, 0.717) is 22.2 Å². The Bertz CT molecular complexity index is 1450. The minimum Gasteiger partial charge on any atom is -0.407 e. The number of aryl methyl sites for hydroxylation is 1.